The minimum absolute atomic E-state index is 0.180. The largest absolute Gasteiger partial charge is 0.504 e. The van der Waals surface area contributed by atoms with E-state index in [0.29, 0.717) is 5.69 Å². The van der Waals surface area contributed by atoms with E-state index in [-0.39, 0.29) is 32.7 Å². The molecule has 0 spiro atoms. The molecule has 1 heterocycles. The van der Waals surface area contributed by atoms with Crippen LogP contribution in [0.5, 0.6) is 11.5 Å². The average molecular weight is 506 g/mol. The quantitative estimate of drug-likeness (QED) is 0.302. The lowest BCUT2D eigenvalue weighted by Gasteiger charge is -2.11. The Hall–Kier alpha value is -3.93. The van der Waals surface area contributed by atoms with Crippen molar-refractivity contribution in [1.29, 1.82) is 0 Å². The minimum Gasteiger partial charge on any atom is -0.504 e. The van der Waals surface area contributed by atoms with Crippen molar-refractivity contribution in [3.05, 3.63) is 62.2 Å². The van der Waals surface area contributed by atoms with E-state index in [2.05, 4.69) is 21.0 Å². The van der Waals surface area contributed by atoms with Crippen molar-refractivity contribution in [3.63, 3.8) is 0 Å². The third kappa shape index (κ3) is 3.75. The van der Waals surface area contributed by atoms with Gasteiger partial charge in [-0.05, 0) is 28.1 Å². The predicted octanol–water partition coefficient (Wildman–Crippen LogP) is 3.50. The summed E-state index contributed by atoms with van der Waals surface area (Å²) >= 11 is 3.11. The summed E-state index contributed by atoms with van der Waals surface area (Å²) in [5.41, 5.74) is -1.22. The number of hydrogen-bond acceptors (Lipinski definition) is 9. The highest BCUT2D eigenvalue weighted by Gasteiger charge is 2.35. The number of benzene rings is 2. The van der Waals surface area contributed by atoms with Crippen molar-refractivity contribution in [1.82, 2.24) is 9.78 Å². The van der Waals surface area contributed by atoms with E-state index in [1.54, 1.807) is 30.3 Å². The first-order valence-corrected chi connectivity index (χ1v) is 9.65. The molecular weight excluding hydrogens is 490 g/mol. The lowest BCUT2D eigenvalue weighted by atomic mass is 10.0. The molecular formula is C20H16BrN3O8. The number of aromatic nitrogens is 2. The van der Waals surface area contributed by atoms with Crippen LogP contribution in [0.15, 0.2) is 40.9 Å². The summed E-state index contributed by atoms with van der Waals surface area (Å²) in [4.78, 5) is 36.3. The number of methoxy groups -OCH3 is 3. The van der Waals surface area contributed by atoms with Crippen molar-refractivity contribution < 1.29 is 33.8 Å². The van der Waals surface area contributed by atoms with E-state index in [4.69, 9.17) is 14.2 Å². The fourth-order valence-corrected chi connectivity index (χ4v) is 3.68. The molecule has 3 rings (SSSR count). The molecule has 1 aromatic heterocycles. The molecule has 0 unspecified atom stereocenters. The Morgan fingerprint density at radius 3 is 2.28 bits per heavy atom. The number of para-hydroxylation sites is 1. The van der Waals surface area contributed by atoms with E-state index >= 15 is 0 Å². The summed E-state index contributed by atoms with van der Waals surface area (Å²) < 4.78 is 15.7. The highest BCUT2D eigenvalue weighted by atomic mass is 79.9. The predicted molar refractivity (Wildman–Crippen MR) is 114 cm³/mol. The molecule has 0 atom stereocenters. The monoisotopic (exact) mass is 505 g/mol. The van der Waals surface area contributed by atoms with Crippen molar-refractivity contribution in [2.45, 2.75) is 0 Å². The highest BCUT2D eigenvalue weighted by molar-refractivity contribution is 9.10. The molecule has 0 radical (unpaired) electrons. The molecule has 0 fully saturated rings. The number of nitrogens with zero attached hydrogens (tertiary/aromatic N) is 3. The number of hydrogen-bond donors (Lipinski definition) is 1. The maximum Gasteiger partial charge on any atom is 0.357 e. The van der Waals surface area contributed by atoms with Crippen molar-refractivity contribution in [2.75, 3.05) is 21.3 Å². The van der Waals surface area contributed by atoms with Gasteiger partial charge in [-0.15, -0.1) is 0 Å². The van der Waals surface area contributed by atoms with Crippen LogP contribution in [-0.2, 0) is 9.47 Å². The third-order valence-electron chi connectivity index (χ3n) is 4.49. The molecule has 166 valence electrons. The molecule has 0 aliphatic carbocycles. The number of halogens is 1. The molecule has 12 heteroatoms. The number of ether oxygens (including phenoxy) is 3. The van der Waals surface area contributed by atoms with Gasteiger partial charge in [-0.25, -0.2) is 14.3 Å². The number of esters is 2. The fourth-order valence-electron chi connectivity index (χ4n) is 3.05. The Balaban J connectivity index is 2.51. The Bertz CT molecular complexity index is 1220. The standard InChI is InChI=1S/C20H16BrN3O8/c1-30-12-9-11(24(28)29)15(21)13(18(12)25)16-14(19(26)31-2)17(20(27)32-3)23(22-16)10-7-5-4-6-8-10/h4-9,25H,1-3H3. The zero-order valence-corrected chi connectivity index (χ0v) is 18.6. The Morgan fingerprint density at radius 2 is 1.75 bits per heavy atom. The number of carbonyl (C=O) groups is 2. The molecule has 0 saturated carbocycles. The number of nitro benzene ring substituents is 1. The lowest BCUT2D eigenvalue weighted by Crippen LogP contribution is -2.15. The van der Waals surface area contributed by atoms with Gasteiger partial charge >= 0.3 is 11.9 Å². The topological polar surface area (TPSA) is 143 Å². The van der Waals surface area contributed by atoms with Crippen LogP contribution >= 0.6 is 15.9 Å². The second kappa shape index (κ2) is 9.06. The van der Waals surface area contributed by atoms with Gasteiger partial charge in [-0.3, -0.25) is 10.1 Å². The van der Waals surface area contributed by atoms with Gasteiger partial charge in [-0.1, -0.05) is 18.2 Å². The lowest BCUT2D eigenvalue weighted by molar-refractivity contribution is -0.385. The average Bonchev–Trinajstić information content (AvgIpc) is 3.18. The summed E-state index contributed by atoms with van der Waals surface area (Å²) in [6, 6.07) is 9.34. The summed E-state index contributed by atoms with van der Waals surface area (Å²) in [6.07, 6.45) is 0. The second-order valence-corrected chi connectivity index (χ2v) is 6.99. The second-order valence-electron chi connectivity index (χ2n) is 6.20. The van der Waals surface area contributed by atoms with Crippen LogP contribution in [0.1, 0.15) is 20.8 Å². The molecule has 2 aromatic carbocycles. The summed E-state index contributed by atoms with van der Waals surface area (Å²) in [6.45, 7) is 0. The number of nitro groups is 1. The molecule has 0 amide bonds. The fraction of sp³-hybridized carbons (Fsp3) is 0.150. The van der Waals surface area contributed by atoms with E-state index < -0.39 is 28.3 Å². The van der Waals surface area contributed by atoms with Crippen LogP contribution in [0.2, 0.25) is 0 Å². The van der Waals surface area contributed by atoms with Gasteiger partial charge in [0.15, 0.2) is 17.2 Å². The number of phenols is 1. The first-order chi connectivity index (χ1) is 15.3. The maximum absolute atomic E-state index is 12.7. The first-order valence-electron chi connectivity index (χ1n) is 8.86. The number of phenolic OH excluding ortho intramolecular Hbond substituents is 1. The van der Waals surface area contributed by atoms with Crippen molar-refractivity contribution >= 4 is 33.6 Å². The van der Waals surface area contributed by atoms with E-state index in [1.165, 1.54) is 7.11 Å². The summed E-state index contributed by atoms with van der Waals surface area (Å²) in [5.74, 6) is -2.66. The third-order valence-corrected chi connectivity index (χ3v) is 5.29. The molecule has 0 aliphatic heterocycles. The Kier molecular flexibility index (Phi) is 6.44. The minimum atomic E-state index is -0.973. The van der Waals surface area contributed by atoms with Crippen LogP contribution < -0.4 is 4.74 Å². The van der Waals surface area contributed by atoms with E-state index in [1.807, 2.05) is 0 Å². The maximum atomic E-state index is 12.7. The van der Waals surface area contributed by atoms with Gasteiger partial charge in [0.05, 0.1) is 43.6 Å². The molecule has 0 aliphatic rings. The van der Waals surface area contributed by atoms with Gasteiger partial charge < -0.3 is 19.3 Å². The molecule has 32 heavy (non-hydrogen) atoms. The number of rotatable bonds is 6. The number of aromatic hydroxyl groups is 1. The first kappa shape index (κ1) is 22.7. The van der Waals surface area contributed by atoms with Crippen molar-refractivity contribution in [3.8, 4) is 28.4 Å². The van der Waals surface area contributed by atoms with Crippen LogP contribution in [0.4, 0.5) is 5.69 Å². The van der Waals surface area contributed by atoms with E-state index in [9.17, 15) is 24.8 Å². The zero-order chi connectivity index (χ0) is 23.6. The summed E-state index contributed by atoms with van der Waals surface area (Å²) in [5, 5.41) is 26.7. The van der Waals surface area contributed by atoms with Gasteiger partial charge in [0.2, 0.25) is 0 Å². The van der Waals surface area contributed by atoms with Crippen molar-refractivity contribution in [2.24, 2.45) is 0 Å². The molecule has 3 aromatic rings. The molecule has 0 saturated heterocycles. The van der Waals surface area contributed by atoms with Crippen LogP contribution in [0.3, 0.4) is 0 Å². The van der Waals surface area contributed by atoms with Crippen LogP contribution in [-0.4, -0.2) is 53.1 Å². The molecule has 11 nitrogen and oxygen atoms in total. The van der Waals surface area contributed by atoms with Gasteiger partial charge in [-0.2, -0.15) is 5.10 Å². The molecule has 0 bridgehead atoms. The Morgan fingerprint density at radius 1 is 1.12 bits per heavy atom. The van der Waals surface area contributed by atoms with Gasteiger partial charge in [0.1, 0.15) is 15.7 Å². The highest BCUT2D eigenvalue weighted by Crippen LogP contribution is 2.48. The van der Waals surface area contributed by atoms with Gasteiger partial charge in [0, 0.05) is 0 Å². The zero-order valence-electron chi connectivity index (χ0n) is 17.0. The normalized spacial score (nSPS) is 10.5. The van der Waals surface area contributed by atoms with Crippen LogP contribution in [0, 0.1) is 10.1 Å². The smallest absolute Gasteiger partial charge is 0.357 e. The van der Waals surface area contributed by atoms with Crippen LogP contribution in [0.25, 0.3) is 16.9 Å². The number of carbonyl (C=O) groups excluding carboxylic acids is 2. The van der Waals surface area contributed by atoms with E-state index in [0.717, 1.165) is 25.0 Å². The SMILES string of the molecule is COC(=O)c1c(-c2c(O)c(OC)cc([N+](=O)[O-])c2Br)nn(-c2ccccc2)c1C(=O)OC. The Labute approximate surface area is 189 Å². The molecule has 1 N–H and O–H groups in total. The van der Waals surface area contributed by atoms with Gasteiger partial charge in [0.25, 0.3) is 5.69 Å². The summed E-state index contributed by atoms with van der Waals surface area (Å²) in [7, 11) is 3.42.